The Morgan fingerprint density at radius 1 is 1.36 bits per heavy atom. The molecule has 0 radical (unpaired) electrons. The van der Waals surface area contributed by atoms with Crippen LogP contribution in [0.1, 0.15) is 55.4 Å². The second-order valence-electron chi connectivity index (χ2n) is 6.94. The molecular formula is C17H21FN6O3S. The lowest BCUT2D eigenvalue weighted by molar-refractivity contribution is 0.0697. The number of nitrogens with zero attached hydrogens (tertiary/aromatic N) is 5. The van der Waals surface area contributed by atoms with E-state index in [1.807, 2.05) is 6.92 Å². The highest BCUT2D eigenvalue weighted by molar-refractivity contribution is 7.59. The van der Waals surface area contributed by atoms with E-state index in [4.69, 9.17) is 5.11 Å². The van der Waals surface area contributed by atoms with Crippen LogP contribution in [0.4, 0.5) is 4.39 Å². The maximum absolute atomic E-state index is 14.5. The lowest BCUT2D eigenvalue weighted by Gasteiger charge is -2.27. The normalized spacial score (nSPS) is 16.1. The summed E-state index contributed by atoms with van der Waals surface area (Å²) in [6.45, 7) is 1.95. The van der Waals surface area contributed by atoms with E-state index in [-0.39, 0.29) is 42.1 Å². The summed E-state index contributed by atoms with van der Waals surface area (Å²) in [6, 6.07) is -0.116. The molecule has 3 aromatic rings. The molecule has 150 valence electrons. The van der Waals surface area contributed by atoms with E-state index in [0.29, 0.717) is 5.92 Å². The van der Waals surface area contributed by atoms with Gasteiger partial charge in [-0.3, -0.25) is 14.5 Å². The van der Waals surface area contributed by atoms with Crippen molar-refractivity contribution in [1.29, 1.82) is 0 Å². The summed E-state index contributed by atoms with van der Waals surface area (Å²) in [5.41, 5.74) is -0.676. The molecule has 4 rings (SSSR count). The van der Waals surface area contributed by atoms with Crippen molar-refractivity contribution in [3.8, 4) is 5.95 Å². The summed E-state index contributed by atoms with van der Waals surface area (Å²) in [4.78, 5) is 30.3. The van der Waals surface area contributed by atoms with E-state index in [9.17, 15) is 14.0 Å². The maximum atomic E-state index is 14.5. The number of rotatable bonds is 4. The largest absolute Gasteiger partial charge is 0.478 e. The Balaban J connectivity index is 0.00000225. The fourth-order valence-corrected chi connectivity index (χ4v) is 3.77. The fourth-order valence-electron chi connectivity index (χ4n) is 3.77. The fraction of sp³-hybridized carbons (Fsp3) is 0.471. The predicted molar refractivity (Wildman–Crippen MR) is 104 cm³/mol. The van der Waals surface area contributed by atoms with E-state index in [0.717, 1.165) is 36.6 Å². The van der Waals surface area contributed by atoms with Gasteiger partial charge in [-0.15, -0.1) is 5.10 Å². The lowest BCUT2D eigenvalue weighted by atomic mass is 9.84. The van der Waals surface area contributed by atoms with Gasteiger partial charge in [0, 0.05) is 6.20 Å². The summed E-state index contributed by atoms with van der Waals surface area (Å²) in [5, 5.41) is 16.8. The summed E-state index contributed by atoms with van der Waals surface area (Å²) in [5.74, 6) is -1.72. The van der Waals surface area contributed by atoms with Crippen molar-refractivity contribution in [3.05, 3.63) is 34.3 Å². The standard InChI is InChI=1S/C17H19FN6O3.H2S/c1-9(10-5-3-2-4-6-10)24-13-12(14(18)22-24)20-17(21-15(13)25)23-8-11(7-19-23)16(26)27;/h7-10H,2-6H2,1H3,(H,26,27)(H,20,21,25);1H2/t9-;/m0./s1. The second-order valence-corrected chi connectivity index (χ2v) is 6.94. The minimum atomic E-state index is -1.16. The molecule has 1 saturated carbocycles. The van der Waals surface area contributed by atoms with Crippen molar-refractivity contribution in [3.63, 3.8) is 0 Å². The van der Waals surface area contributed by atoms with Gasteiger partial charge in [-0.2, -0.15) is 23.0 Å². The topological polar surface area (TPSA) is 119 Å². The van der Waals surface area contributed by atoms with Crippen LogP contribution in [0.2, 0.25) is 0 Å². The molecule has 1 aliphatic rings. The number of H-pyrrole nitrogens is 1. The number of fused-ring (bicyclic) bond motifs is 1. The summed E-state index contributed by atoms with van der Waals surface area (Å²) in [7, 11) is 0. The first-order valence-electron chi connectivity index (χ1n) is 8.92. The van der Waals surface area contributed by atoms with Gasteiger partial charge >= 0.3 is 5.97 Å². The summed E-state index contributed by atoms with van der Waals surface area (Å²) >= 11 is 0. The zero-order chi connectivity index (χ0) is 19.1. The molecule has 1 fully saturated rings. The predicted octanol–water partition coefficient (Wildman–Crippen LogP) is 2.40. The SMILES string of the molecule is C[C@@H](C1CCCCC1)n1nc(F)c2nc(-n3cc(C(=O)O)cn3)[nH]c(=O)c21.S. The Morgan fingerprint density at radius 2 is 2.07 bits per heavy atom. The number of aromatic carboxylic acids is 1. The average Bonchev–Trinajstić information content (AvgIpc) is 3.28. The van der Waals surface area contributed by atoms with Crippen LogP contribution in [0.5, 0.6) is 0 Å². The molecule has 0 saturated heterocycles. The van der Waals surface area contributed by atoms with Gasteiger partial charge in [0.05, 0.1) is 17.8 Å². The van der Waals surface area contributed by atoms with Gasteiger partial charge in [-0.25, -0.2) is 14.5 Å². The molecule has 1 atom stereocenters. The Labute approximate surface area is 166 Å². The zero-order valence-corrected chi connectivity index (χ0v) is 16.2. The van der Waals surface area contributed by atoms with Crippen molar-refractivity contribution < 1.29 is 14.3 Å². The minimum absolute atomic E-state index is 0. The number of hydrogen-bond donors (Lipinski definition) is 2. The van der Waals surface area contributed by atoms with Crippen molar-refractivity contribution in [1.82, 2.24) is 29.5 Å². The molecule has 0 bridgehead atoms. The maximum Gasteiger partial charge on any atom is 0.338 e. The number of carboxylic acid groups (broad SMARTS) is 1. The number of aromatic nitrogens is 6. The molecule has 2 N–H and O–H groups in total. The highest BCUT2D eigenvalue weighted by Gasteiger charge is 2.27. The molecule has 9 nitrogen and oxygen atoms in total. The van der Waals surface area contributed by atoms with Crippen molar-refractivity contribution in [2.75, 3.05) is 0 Å². The number of carbonyl (C=O) groups is 1. The molecule has 0 unspecified atom stereocenters. The number of halogens is 1. The second kappa shape index (κ2) is 7.74. The smallest absolute Gasteiger partial charge is 0.338 e. The van der Waals surface area contributed by atoms with Gasteiger partial charge in [0.1, 0.15) is 0 Å². The molecule has 11 heteroatoms. The van der Waals surface area contributed by atoms with Crippen LogP contribution in [0.15, 0.2) is 17.2 Å². The Hall–Kier alpha value is -2.69. The molecule has 3 aromatic heterocycles. The summed E-state index contributed by atoms with van der Waals surface area (Å²) < 4.78 is 17.0. The molecule has 0 aromatic carbocycles. The third-order valence-corrected chi connectivity index (χ3v) is 5.27. The highest BCUT2D eigenvalue weighted by atomic mass is 32.1. The highest BCUT2D eigenvalue weighted by Crippen LogP contribution is 2.33. The average molecular weight is 408 g/mol. The molecule has 28 heavy (non-hydrogen) atoms. The van der Waals surface area contributed by atoms with E-state index in [1.165, 1.54) is 17.3 Å². The number of carboxylic acids is 1. The quantitative estimate of drug-likeness (QED) is 0.684. The molecular weight excluding hydrogens is 387 g/mol. The Bertz CT molecular complexity index is 1070. The van der Waals surface area contributed by atoms with Crippen molar-refractivity contribution in [2.45, 2.75) is 45.1 Å². The number of aromatic amines is 1. The summed E-state index contributed by atoms with van der Waals surface area (Å²) in [6.07, 6.45) is 7.82. The van der Waals surface area contributed by atoms with E-state index in [1.54, 1.807) is 0 Å². The van der Waals surface area contributed by atoms with E-state index >= 15 is 0 Å². The van der Waals surface area contributed by atoms with Gasteiger partial charge < -0.3 is 5.11 Å². The number of nitrogens with one attached hydrogen (secondary N) is 1. The monoisotopic (exact) mass is 408 g/mol. The van der Waals surface area contributed by atoms with Gasteiger partial charge in [0.15, 0.2) is 11.0 Å². The van der Waals surface area contributed by atoms with Gasteiger partial charge in [-0.1, -0.05) is 19.3 Å². The van der Waals surface area contributed by atoms with Crippen LogP contribution in [-0.2, 0) is 0 Å². The zero-order valence-electron chi connectivity index (χ0n) is 15.2. The van der Waals surface area contributed by atoms with E-state index in [2.05, 4.69) is 20.2 Å². The molecule has 3 heterocycles. The van der Waals surface area contributed by atoms with Crippen LogP contribution in [0.3, 0.4) is 0 Å². The van der Waals surface area contributed by atoms with E-state index < -0.39 is 17.5 Å². The van der Waals surface area contributed by atoms with Crippen LogP contribution >= 0.6 is 13.5 Å². The van der Waals surface area contributed by atoms with Crippen molar-refractivity contribution >= 4 is 30.5 Å². The number of hydrogen-bond acceptors (Lipinski definition) is 5. The molecule has 0 amide bonds. The van der Waals surface area contributed by atoms with Crippen molar-refractivity contribution in [2.24, 2.45) is 5.92 Å². The third kappa shape index (κ3) is 3.41. The third-order valence-electron chi connectivity index (χ3n) is 5.27. The van der Waals surface area contributed by atoms with Gasteiger partial charge in [-0.05, 0) is 25.7 Å². The molecule has 0 spiro atoms. The first-order valence-corrected chi connectivity index (χ1v) is 8.92. The Kier molecular flexibility index (Phi) is 5.54. The first kappa shape index (κ1) is 20.1. The van der Waals surface area contributed by atoms with Crippen LogP contribution in [0, 0.1) is 11.9 Å². The van der Waals surface area contributed by atoms with Gasteiger partial charge in [0.25, 0.3) is 11.5 Å². The molecule has 1 aliphatic carbocycles. The molecule has 0 aliphatic heterocycles. The van der Waals surface area contributed by atoms with Crippen LogP contribution in [0.25, 0.3) is 17.0 Å². The van der Waals surface area contributed by atoms with Crippen LogP contribution < -0.4 is 5.56 Å². The minimum Gasteiger partial charge on any atom is -0.478 e. The lowest BCUT2D eigenvalue weighted by Crippen LogP contribution is -2.23. The first-order chi connectivity index (χ1) is 13.0. The Morgan fingerprint density at radius 3 is 2.71 bits per heavy atom. The van der Waals surface area contributed by atoms with Gasteiger partial charge in [0.2, 0.25) is 5.95 Å². The van der Waals surface area contributed by atoms with Crippen LogP contribution in [-0.4, -0.2) is 40.6 Å².